The fourth-order valence-corrected chi connectivity index (χ4v) is 3.34. The predicted octanol–water partition coefficient (Wildman–Crippen LogP) is 5.13. The Labute approximate surface area is 180 Å². The number of amides is 1. The number of nitriles is 2. The Morgan fingerprint density at radius 3 is 2.50 bits per heavy atom. The maximum Gasteiger partial charge on any atom is 0.281 e. The lowest BCUT2D eigenvalue weighted by molar-refractivity contribution is 0.102. The van der Waals surface area contributed by atoms with Crippen molar-refractivity contribution in [2.24, 2.45) is 0 Å². The molecule has 1 N–H and O–H groups in total. The van der Waals surface area contributed by atoms with Crippen LogP contribution in [0, 0.1) is 29.6 Å². The van der Waals surface area contributed by atoms with Crippen molar-refractivity contribution >= 4 is 22.7 Å². The number of hydrogen-bond donors (Lipinski definition) is 1. The smallest absolute Gasteiger partial charge is 0.281 e. The molecule has 9 heteroatoms. The summed E-state index contributed by atoms with van der Waals surface area (Å²) in [6.45, 7) is 1.41. The van der Waals surface area contributed by atoms with Crippen LogP contribution in [0.4, 0.5) is 14.6 Å². The molecule has 0 aliphatic carbocycles. The van der Waals surface area contributed by atoms with Crippen LogP contribution in [0.25, 0.3) is 22.3 Å². The lowest BCUT2D eigenvalue weighted by Crippen LogP contribution is -2.12. The molecule has 156 valence electrons. The minimum absolute atomic E-state index is 0.0173. The second kappa shape index (κ2) is 8.25. The van der Waals surface area contributed by atoms with Crippen molar-refractivity contribution < 1.29 is 18.0 Å². The second-order valence-electron chi connectivity index (χ2n) is 6.73. The van der Waals surface area contributed by atoms with Gasteiger partial charge in [0.25, 0.3) is 12.3 Å². The molecule has 32 heavy (non-hydrogen) atoms. The van der Waals surface area contributed by atoms with E-state index in [9.17, 15) is 24.1 Å². The summed E-state index contributed by atoms with van der Waals surface area (Å²) in [6.07, 6.45) is -1.60. The van der Waals surface area contributed by atoms with E-state index in [2.05, 4.69) is 15.3 Å². The molecule has 0 radical (unpaired) electrons. The number of rotatable bonds is 4. The van der Waals surface area contributed by atoms with E-state index in [0.29, 0.717) is 16.5 Å². The van der Waals surface area contributed by atoms with Gasteiger partial charge in [-0.2, -0.15) is 10.5 Å². The third-order valence-corrected chi connectivity index (χ3v) is 4.80. The maximum atomic E-state index is 13.5. The molecule has 7 nitrogen and oxygen atoms in total. The van der Waals surface area contributed by atoms with E-state index in [1.165, 1.54) is 25.3 Å². The summed E-state index contributed by atoms with van der Waals surface area (Å²) in [5.41, 5.74) is -0.534. The van der Waals surface area contributed by atoms with Crippen LogP contribution in [0.3, 0.4) is 0 Å². The van der Waals surface area contributed by atoms with Crippen molar-refractivity contribution in [3.63, 3.8) is 0 Å². The van der Waals surface area contributed by atoms with Gasteiger partial charge in [0.05, 0.1) is 27.8 Å². The first-order valence-electron chi connectivity index (χ1n) is 9.32. The van der Waals surface area contributed by atoms with E-state index in [0.717, 1.165) is 0 Å². The first-order chi connectivity index (χ1) is 15.4. The molecule has 0 fully saturated rings. The number of benzene rings is 1. The van der Waals surface area contributed by atoms with E-state index >= 15 is 0 Å². The first-order valence-corrected chi connectivity index (χ1v) is 9.32. The van der Waals surface area contributed by atoms with Crippen molar-refractivity contribution in [2.45, 2.75) is 13.3 Å². The Morgan fingerprint density at radius 2 is 1.84 bits per heavy atom. The Hall–Kier alpha value is -4.63. The molecule has 0 bridgehead atoms. The van der Waals surface area contributed by atoms with E-state index < -0.39 is 23.6 Å². The molecule has 0 saturated carbocycles. The fraction of sp³-hybridized carbons (Fsp3) is 0.0870. The SMILES string of the molecule is Cc1nc(C(F)F)c(C#N)c(-c2cc3c(NC(=O)c4ccccc4)nccc3o2)c1C#N. The van der Waals surface area contributed by atoms with Crippen molar-refractivity contribution in [1.29, 1.82) is 10.5 Å². The molecule has 0 unspecified atom stereocenters. The van der Waals surface area contributed by atoms with Gasteiger partial charge in [-0.05, 0) is 31.2 Å². The van der Waals surface area contributed by atoms with Gasteiger partial charge in [-0.3, -0.25) is 4.79 Å². The van der Waals surface area contributed by atoms with Gasteiger partial charge >= 0.3 is 0 Å². The number of hydrogen-bond acceptors (Lipinski definition) is 6. The number of halogens is 2. The van der Waals surface area contributed by atoms with Gasteiger partial charge in [0.15, 0.2) is 0 Å². The molecule has 0 saturated heterocycles. The van der Waals surface area contributed by atoms with Gasteiger partial charge < -0.3 is 9.73 Å². The molecule has 0 aliphatic heterocycles. The summed E-state index contributed by atoms with van der Waals surface area (Å²) in [5.74, 6) is -0.199. The average Bonchev–Trinajstić information content (AvgIpc) is 3.23. The van der Waals surface area contributed by atoms with Gasteiger partial charge in [0.2, 0.25) is 0 Å². The largest absolute Gasteiger partial charge is 0.456 e. The van der Waals surface area contributed by atoms with Gasteiger partial charge in [0, 0.05) is 11.8 Å². The van der Waals surface area contributed by atoms with E-state index in [1.54, 1.807) is 36.4 Å². The van der Waals surface area contributed by atoms with Crippen LogP contribution in [0.2, 0.25) is 0 Å². The average molecular weight is 429 g/mol. The summed E-state index contributed by atoms with van der Waals surface area (Å²) in [4.78, 5) is 20.5. The predicted molar refractivity (Wildman–Crippen MR) is 111 cm³/mol. The molecule has 0 spiro atoms. The first kappa shape index (κ1) is 20.6. The number of anilines is 1. The van der Waals surface area contributed by atoms with Crippen molar-refractivity contribution in [3.8, 4) is 23.5 Å². The number of furan rings is 1. The number of fused-ring (bicyclic) bond motifs is 1. The maximum absolute atomic E-state index is 13.5. The number of carbonyl (C=O) groups is 1. The van der Waals surface area contributed by atoms with Crippen molar-refractivity contribution in [3.05, 3.63) is 76.7 Å². The highest BCUT2D eigenvalue weighted by Gasteiger charge is 2.26. The number of carbonyl (C=O) groups excluding carboxylic acids is 1. The number of aryl methyl sites for hydroxylation is 1. The molecule has 0 atom stereocenters. The zero-order valence-corrected chi connectivity index (χ0v) is 16.6. The molecular formula is C23H13F2N5O2. The van der Waals surface area contributed by atoms with Crippen molar-refractivity contribution in [1.82, 2.24) is 9.97 Å². The highest BCUT2D eigenvalue weighted by atomic mass is 19.3. The number of alkyl halides is 2. The number of aromatic nitrogens is 2. The Bertz CT molecular complexity index is 1430. The minimum atomic E-state index is -3.01. The Morgan fingerprint density at radius 1 is 1.12 bits per heavy atom. The Kier molecular flexibility index (Phi) is 5.32. The quantitative estimate of drug-likeness (QED) is 0.481. The lowest BCUT2D eigenvalue weighted by atomic mass is 9.97. The zero-order chi connectivity index (χ0) is 22.8. The van der Waals surface area contributed by atoms with Gasteiger partial charge in [0.1, 0.15) is 35.0 Å². The molecule has 4 rings (SSSR count). The van der Waals surface area contributed by atoms with E-state index in [1.807, 2.05) is 6.07 Å². The molecule has 3 heterocycles. The zero-order valence-electron chi connectivity index (χ0n) is 16.6. The van der Waals surface area contributed by atoms with E-state index in [-0.39, 0.29) is 28.4 Å². The van der Waals surface area contributed by atoms with Gasteiger partial charge in [-0.1, -0.05) is 18.2 Å². The molecule has 1 aromatic carbocycles. The minimum Gasteiger partial charge on any atom is -0.456 e. The molecule has 3 aromatic heterocycles. The van der Waals surface area contributed by atoms with Crippen LogP contribution in [-0.2, 0) is 0 Å². The Balaban J connectivity index is 1.88. The number of pyridine rings is 2. The van der Waals surface area contributed by atoms with Crippen LogP contribution < -0.4 is 5.32 Å². The summed E-state index contributed by atoms with van der Waals surface area (Å²) in [5, 5.41) is 22.2. The van der Waals surface area contributed by atoms with Crippen LogP contribution in [0.5, 0.6) is 0 Å². The van der Waals surface area contributed by atoms with Crippen molar-refractivity contribution in [2.75, 3.05) is 5.32 Å². The summed E-state index contributed by atoms with van der Waals surface area (Å²) < 4.78 is 32.8. The fourth-order valence-electron chi connectivity index (χ4n) is 3.34. The number of nitrogens with zero attached hydrogens (tertiary/aromatic N) is 4. The third-order valence-electron chi connectivity index (χ3n) is 4.80. The summed E-state index contributed by atoms with van der Waals surface area (Å²) in [7, 11) is 0. The number of nitrogens with one attached hydrogen (secondary N) is 1. The van der Waals surface area contributed by atoms with Crippen LogP contribution in [-0.4, -0.2) is 15.9 Å². The van der Waals surface area contributed by atoms with Gasteiger partial charge in [-0.15, -0.1) is 0 Å². The monoisotopic (exact) mass is 429 g/mol. The molecule has 0 aliphatic rings. The standard InChI is InChI=1S/C23H13F2N5O2/c1-12-15(10-26)19(16(11-27)20(29-12)21(24)25)18-9-14-17(32-18)7-8-28-22(14)30-23(31)13-5-3-2-4-6-13/h2-9,21H,1H3,(H,28,30,31). The molecule has 1 amide bonds. The van der Waals surface area contributed by atoms with Gasteiger partial charge in [-0.25, -0.2) is 18.7 Å². The third kappa shape index (κ3) is 3.53. The topological polar surface area (TPSA) is 116 Å². The van der Waals surface area contributed by atoms with E-state index in [4.69, 9.17) is 4.42 Å². The molecule has 4 aromatic rings. The highest BCUT2D eigenvalue weighted by molar-refractivity contribution is 6.08. The van der Waals surface area contributed by atoms with Crippen LogP contribution in [0.1, 0.15) is 39.3 Å². The summed E-state index contributed by atoms with van der Waals surface area (Å²) >= 11 is 0. The second-order valence-corrected chi connectivity index (χ2v) is 6.73. The molecular weight excluding hydrogens is 416 g/mol. The highest BCUT2D eigenvalue weighted by Crippen LogP contribution is 2.38. The summed E-state index contributed by atoms with van der Waals surface area (Å²) in [6, 6.07) is 15.1. The van der Waals surface area contributed by atoms with Crippen LogP contribution >= 0.6 is 0 Å². The van der Waals surface area contributed by atoms with Crippen LogP contribution in [0.15, 0.2) is 53.1 Å². The lowest BCUT2D eigenvalue weighted by Gasteiger charge is -2.10. The normalized spacial score (nSPS) is 10.7.